The monoisotopic (exact) mass is 358 g/mol. The number of ether oxygens (including phenoxy) is 2. The minimum atomic E-state index is -0.477. The molecule has 26 heavy (non-hydrogen) atoms. The molecule has 2 aromatic carbocycles. The zero-order valence-corrected chi connectivity index (χ0v) is 15.2. The summed E-state index contributed by atoms with van der Waals surface area (Å²) in [6.45, 7) is 2.49. The van der Waals surface area contributed by atoms with Crippen LogP contribution in [0.2, 0.25) is 0 Å². The zero-order chi connectivity index (χ0) is 18.8. The number of anilines is 1. The van der Waals surface area contributed by atoms with Crippen LogP contribution in [0.5, 0.6) is 11.5 Å². The van der Waals surface area contributed by atoms with Gasteiger partial charge >= 0.3 is 6.03 Å². The van der Waals surface area contributed by atoms with Gasteiger partial charge in [0, 0.05) is 11.8 Å². The number of methoxy groups -OCH3 is 1. The Kier molecular flexibility index (Phi) is 7.76. The van der Waals surface area contributed by atoms with E-state index in [1.165, 1.54) is 0 Å². The van der Waals surface area contributed by atoms with E-state index in [4.69, 9.17) is 9.47 Å². The Morgan fingerprint density at radius 3 is 2.58 bits per heavy atom. The Labute approximate surface area is 154 Å². The standard InChI is InChI=1S/C20H26N2O4/c1-3-4-12-26-19-13-16(10-11-18(19)25-2)21-20(24)22-17(14-23)15-8-6-5-7-9-15/h5-11,13,17,23H,3-4,12,14H2,1-2H3,(H2,21,22,24)/t17-/m0/s1. The third-order valence-electron chi connectivity index (χ3n) is 3.87. The van der Waals surface area contributed by atoms with Crippen LogP contribution >= 0.6 is 0 Å². The van der Waals surface area contributed by atoms with Crippen LogP contribution in [0.3, 0.4) is 0 Å². The largest absolute Gasteiger partial charge is 0.493 e. The van der Waals surface area contributed by atoms with E-state index < -0.39 is 12.1 Å². The molecule has 140 valence electrons. The van der Waals surface area contributed by atoms with Gasteiger partial charge in [0.2, 0.25) is 0 Å². The molecule has 2 rings (SSSR count). The Bertz CT molecular complexity index is 691. The second kappa shape index (κ2) is 10.3. The quantitative estimate of drug-likeness (QED) is 0.597. The van der Waals surface area contributed by atoms with E-state index in [-0.39, 0.29) is 6.61 Å². The van der Waals surface area contributed by atoms with Gasteiger partial charge in [-0.25, -0.2) is 4.79 Å². The van der Waals surface area contributed by atoms with Crippen LogP contribution in [0.25, 0.3) is 0 Å². The van der Waals surface area contributed by atoms with Gasteiger partial charge in [-0.15, -0.1) is 0 Å². The van der Waals surface area contributed by atoms with Crippen LogP contribution in [0.15, 0.2) is 48.5 Å². The van der Waals surface area contributed by atoms with Crippen molar-refractivity contribution in [3.8, 4) is 11.5 Å². The molecular formula is C20H26N2O4. The molecule has 2 aromatic rings. The average Bonchev–Trinajstić information content (AvgIpc) is 2.67. The number of amides is 2. The summed E-state index contributed by atoms with van der Waals surface area (Å²) in [6.07, 6.45) is 1.97. The molecule has 0 saturated heterocycles. The minimum absolute atomic E-state index is 0.189. The van der Waals surface area contributed by atoms with E-state index in [9.17, 15) is 9.90 Å². The molecule has 0 aromatic heterocycles. The summed E-state index contributed by atoms with van der Waals surface area (Å²) in [4.78, 5) is 12.3. The lowest BCUT2D eigenvalue weighted by atomic mass is 10.1. The maximum absolute atomic E-state index is 12.3. The molecule has 0 aliphatic heterocycles. The number of aliphatic hydroxyl groups is 1. The van der Waals surface area contributed by atoms with Crippen LogP contribution in [0.4, 0.5) is 10.5 Å². The highest BCUT2D eigenvalue weighted by atomic mass is 16.5. The lowest BCUT2D eigenvalue weighted by Crippen LogP contribution is -2.34. The van der Waals surface area contributed by atoms with Gasteiger partial charge in [-0.3, -0.25) is 0 Å². The molecule has 0 spiro atoms. The van der Waals surface area contributed by atoms with E-state index in [1.807, 2.05) is 30.3 Å². The SMILES string of the molecule is CCCCOc1cc(NC(=O)N[C@@H](CO)c2ccccc2)ccc1OC. The molecule has 0 aliphatic carbocycles. The number of aliphatic hydroxyl groups excluding tert-OH is 1. The van der Waals surface area contributed by atoms with Gasteiger partial charge in [-0.1, -0.05) is 43.7 Å². The van der Waals surface area contributed by atoms with Crippen LogP contribution in [0, 0.1) is 0 Å². The number of hydrogen-bond donors (Lipinski definition) is 3. The fourth-order valence-corrected chi connectivity index (χ4v) is 2.44. The maximum atomic E-state index is 12.3. The molecule has 0 aliphatic rings. The molecule has 6 heteroatoms. The van der Waals surface area contributed by atoms with Gasteiger partial charge in [-0.2, -0.15) is 0 Å². The fourth-order valence-electron chi connectivity index (χ4n) is 2.44. The number of benzene rings is 2. The fraction of sp³-hybridized carbons (Fsp3) is 0.350. The Balaban J connectivity index is 2.02. The van der Waals surface area contributed by atoms with Crippen molar-refractivity contribution < 1.29 is 19.4 Å². The lowest BCUT2D eigenvalue weighted by molar-refractivity contribution is 0.225. The van der Waals surface area contributed by atoms with Crippen molar-refractivity contribution >= 4 is 11.7 Å². The van der Waals surface area contributed by atoms with Crippen molar-refractivity contribution in [2.75, 3.05) is 25.6 Å². The molecule has 0 fully saturated rings. The first kappa shape index (κ1) is 19.6. The number of urea groups is 1. The summed E-state index contributed by atoms with van der Waals surface area (Å²) in [7, 11) is 1.58. The van der Waals surface area contributed by atoms with Crippen molar-refractivity contribution in [1.29, 1.82) is 0 Å². The summed E-state index contributed by atoms with van der Waals surface area (Å²) < 4.78 is 11.0. The molecule has 1 atom stereocenters. The van der Waals surface area contributed by atoms with E-state index in [0.717, 1.165) is 18.4 Å². The number of hydrogen-bond acceptors (Lipinski definition) is 4. The molecular weight excluding hydrogens is 332 g/mol. The van der Waals surface area contributed by atoms with Crippen molar-refractivity contribution in [1.82, 2.24) is 5.32 Å². The average molecular weight is 358 g/mol. The van der Waals surface area contributed by atoms with Crippen molar-refractivity contribution in [2.45, 2.75) is 25.8 Å². The first-order valence-corrected chi connectivity index (χ1v) is 8.72. The number of rotatable bonds is 9. The second-order valence-corrected chi connectivity index (χ2v) is 5.81. The first-order chi connectivity index (χ1) is 12.7. The molecule has 3 N–H and O–H groups in total. The first-order valence-electron chi connectivity index (χ1n) is 8.72. The van der Waals surface area contributed by atoms with Gasteiger partial charge in [0.25, 0.3) is 0 Å². The molecule has 0 heterocycles. The topological polar surface area (TPSA) is 79.8 Å². The third kappa shape index (κ3) is 5.67. The number of carbonyl (C=O) groups is 1. The molecule has 6 nitrogen and oxygen atoms in total. The summed E-state index contributed by atoms with van der Waals surface area (Å²) in [5, 5.41) is 15.1. The van der Waals surface area contributed by atoms with E-state index in [0.29, 0.717) is 23.8 Å². The summed E-state index contributed by atoms with van der Waals surface area (Å²) in [6, 6.07) is 13.6. The van der Waals surface area contributed by atoms with E-state index in [2.05, 4.69) is 17.6 Å². The van der Waals surface area contributed by atoms with Crippen molar-refractivity contribution in [3.05, 3.63) is 54.1 Å². The third-order valence-corrected chi connectivity index (χ3v) is 3.87. The second-order valence-electron chi connectivity index (χ2n) is 5.81. The minimum Gasteiger partial charge on any atom is -0.493 e. The van der Waals surface area contributed by atoms with Crippen LogP contribution in [-0.2, 0) is 0 Å². The molecule has 0 radical (unpaired) electrons. The zero-order valence-electron chi connectivity index (χ0n) is 15.2. The smallest absolute Gasteiger partial charge is 0.319 e. The van der Waals surface area contributed by atoms with Crippen LogP contribution in [-0.4, -0.2) is 31.5 Å². The summed E-state index contributed by atoms with van der Waals surface area (Å²) >= 11 is 0. The molecule has 0 unspecified atom stereocenters. The van der Waals surface area contributed by atoms with Gasteiger partial charge < -0.3 is 25.2 Å². The van der Waals surface area contributed by atoms with Gasteiger partial charge in [0.1, 0.15) is 0 Å². The molecule has 0 bridgehead atoms. The Morgan fingerprint density at radius 2 is 1.92 bits per heavy atom. The van der Waals surface area contributed by atoms with Gasteiger partial charge in [0.05, 0.1) is 26.4 Å². The van der Waals surface area contributed by atoms with Crippen LogP contribution < -0.4 is 20.1 Å². The highest BCUT2D eigenvalue weighted by molar-refractivity contribution is 5.90. The number of nitrogens with one attached hydrogen (secondary N) is 2. The molecule has 2 amide bonds. The van der Waals surface area contributed by atoms with Crippen LogP contribution in [0.1, 0.15) is 31.4 Å². The predicted molar refractivity (Wildman–Crippen MR) is 102 cm³/mol. The Morgan fingerprint density at radius 1 is 1.15 bits per heavy atom. The number of carbonyl (C=O) groups excluding carboxylic acids is 1. The van der Waals surface area contributed by atoms with E-state index in [1.54, 1.807) is 25.3 Å². The van der Waals surface area contributed by atoms with Gasteiger partial charge in [0.15, 0.2) is 11.5 Å². The highest BCUT2D eigenvalue weighted by Gasteiger charge is 2.14. The predicted octanol–water partition coefficient (Wildman–Crippen LogP) is 3.73. The van der Waals surface area contributed by atoms with E-state index >= 15 is 0 Å². The highest BCUT2D eigenvalue weighted by Crippen LogP contribution is 2.30. The maximum Gasteiger partial charge on any atom is 0.319 e. The Hall–Kier alpha value is -2.73. The van der Waals surface area contributed by atoms with Crippen molar-refractivity contribution in [2.24, 2.45) is 0 Å². The normalized spacial score (nSPS) is 11.5. The summed E-state index contributed by atoms with van der Waals surface area (Å²) in [5.41, 5.74) is 1.42. The number of unbranched alkanes of at least 4 members (excludes halogenated alkanes) is 1. The summed E-state index contributed by atoms with van der Waals surface area (Å²) in [5.74, 6) is 1.20. The lowest BCUT2D eigenvalue weighted by Gasteiger charge is -2.18. The molecule has 0 saturated carbocycles. The van der Waals surface area contributed by atoms with Gasteiger partial charge in [-0.05, 0) is 24.1 Å². The van der Waals surface area contributed by atoms with Crippen molar-refractivity contribution in [3.63, 3.8) is 0 Å².